The zero-order valence-electron chi connectivity index (χ0n) is 8.91. The Kier molecular flexibility index (Phi) is 3.52. The molecule has 0 aliphatic carbocycles. The van der Waals surface area contributed by atoms with Gasteiger partial charge in [-0.15, -0.1) is 4.39 Å². The van der Waals surface area contributed by atoms with Crippen LogP contribution in [0, 0.1) is 6.08 Å². The van der Waals surface area contributed by atoms with Gasteiger partial charge in [0.1, 0.15) is 0 Å². The summed E-state index contributed by atoms with van der Waals surface area (Å²) in [6.07, 6.45) is 5.17. The number of hydrogen-bond donors (Lipinski definition) is 0. The van der Waals surface area contributed by atoms with E-state index < -0.39 is 5.95 Å². The highest BCUT2D eigenvalue weighted by molar-refractivity contribution is 9.10. The minimum atomic E-state index is -0.640. The van der Waals surface area contributed by atoms with E-state index in [1.807, 2.05) is 0 Å². The Labute approximate surface area is 106 Å². The van der Waals surface area contributed by atoms with Crippen LogP contribution < -0.4 is 9.47 Å². The first kappa shape index (κ1) is 11.8. The lowest BCUT2D eigenvalue weighted by Gasteiger charge is -2.07. The fourth-order valence-corrected chi connectivity index (χ4v) is 1.58. The average Bonchev–Trinajstić information content (AvgIpc) is 2.31. The van der Waals surface area contributed by atoms with Crippen LogP contribution in [-0.4, -0.2) is 13.0 Å². The van der Waals surface area contributed by atoms with Gasteiger partial charge < -0.3 is 9.47 Å². The highest BCUT2D eigenvalue weighted by Crippen LogP contribution is 2.30. The van der Waals surface area contributed by atoms with Crippen LogP contribution in [0.3, 0.4) is 0 Å². The van der Waals surface area contributed by atoms with Crippen LogP contribution in [0.1, 0.15) is 0 Å². The summed E-state index contributed by atoms with van der Waals surface area (Å²) >= 11 is 3.32. The Morgan fingerprint density at radius 1 is 1.35 bits per heavy atom. The number of methoxy groups -OCH3 is 1. The van der Waals surface area contributed by atoms with Gasteiger partial charge in [0.15, 0.2) is 23.7 Å². The van der Waals surface area contributed by atoms with Crippen molar-refractivity contribution in [2.24, 2.45) is 4.99 Å². The number of ether oxygens (including phenoxy) is 2. The van der Waals surface area contributed by atoms with Gasteiger partial charge in [0.2, 0.25) is 0 Å². The monoisotopic (exact) mass is 296 g/mol. The van der Waals surface area contributed by atoms with Gasteiger partial charge in [-0.25, -0.2) is 0 Å². The highest BCUT2D eigenvalue weighted by Gasteiger charge is 2.16. The molecule has 0 atom stereocenters. The molecule has 0 unspecified atom stereocenters. The van der Waals surface area contributed by atoms with Crippen molar-refractivity contribution in [3.63, 3.8) is 0 Å². The second-order valence-electron chi connectivity index (χ2n) is 3.13. The number of aliphatic imine (C=N–C) groups is 1. The normalized spacial score (nSPS) is 13.6. The molecule has 1 aromatic rings. The van der Waals surface area contributed by atoms with Gasteiger partial charge >= 0.3 is 11.8 Å². The van der Waals surface area contributed by atoms with Gasteiger partial charge in [-0.1, -0.05) is 15.9 Å². The molecular weight excluding hydrogens is 289 g/mol. The number of nitrogens with zero attached hydrogens (tertiary/aromatic N) is 1. The van der Waals surface area contributed by atoms with Crippen molar-refractivity contribution in [1.82, 2.24) is 0 Å². The summed E-state index contributed by atoms with van der Waals surface area (Å²) in [5.41, 5.74) is 0. The van der Waals surface area contributed by atoms with Crippen LogP contribution in [-0.2, 0) is 0 Å². The van der Waals surface area contributed by atoms with Gasteiger partial charge in [-0.05, 0) is 23.2 Å². The molecule has 0 fully saturated rings. The molecule has 0 radical (unpaired) electrons. The van der Waals surface area contributed by atoms with Crippen molar-refractivity contribution in [3.8, 4) is 11.5 Å². The quantitative estimate of drug-likeness (QED) is 0.618. The van der Waals surface area contributed by atoms with Gasteiger partial charge in [0, 0.05) is 4.47 Å². The van der Waals surface area contributed by atoms with Crippen molar-refractivity contribution in [3.05, 3.63) is 46.9 Å². The summed E-state index contributed by atoms with van der Waals surface area (Å²) in [7, 11) is 1.53. The Balaban J connectivity index is 2.25. The van der Waals surface area contributed by atoms with E-state index in [0.717, 1.165) is 10.5 Å². The third kappa shape index (κ3) is 2.90. The molecule has 2 rings (SSSR count). The summed E-state index contributed by atoms with van der Waals surface area (Å²) in [4.78, 5) is 3.58. The van der Waals surface area contributed by atoms with Crippen molar-refractivity contribution in [2.75, 3.05) is 7.11 Å². The van der Waals surface area contributed by atoms with Crippen LogP contribution in [0.25, 0.3) is 0 Å². The van der Waals surface area contributed by atoms with Crippen molar-refractivity contribution in [1.29, 1.82) is 0 Å². The fourth-order valence-electron chi connectivity index (χ4n) is 1.24. The maximum Gasteiger partial charge on any atom is 0.339 e. The molecule has 0 N–H and O–H groups in total. The van der Waals surface area contributed by atoms with Crippen LogP contribution in [0.15, 0.2) is 45.8 Å². The summed E-state index contributed by atoms with van der Waals surface area (Å²) in [5.74, 6) is 0.483. The number of allylic oxidation sites excluding steroid dienone is 2. The first-order chi connectivity index (χ1) is 8.19. The van der Waals surface area contributed by atoms with Crippen molar-refractivity contribution < 1.29 is 13.9 Å². The lowest BCUT2D eigenvalue weighted by Crippen LogP contribution is -2.07. The maximum atomic E-state index is 12.9. The highest BCUT2D eigenvalue weighted by atomic mass is 79.9. The topological polar surface area (TPSA) is 30.8 Å². The smallest absolute Gasteiger partial charge is 0.339 e. The first-order valence-electron chi connectivity index (χ1n) is 4.74. The molecule has 86 valence electrons. The largest absolute Gasteiger partial charge is 0.493 e. The molecule has 17 heavy (non-hydrogen) atoms. The van der Waals surface area contributed by atoms with E-state index in [1.54, 1.807) is 18.2 Å². The second-order valence-corrected chi connectivity index (χ2v) is 4.04. The van der Waals surface area contributed by atoms with Crippen LogP contribution >= 0.6 is 15.9 Å². The lowest BCUT2D eigenvalue weighted by atomic mass is 10.3. The molecule has 0 bridgehead atoms. The van der Waals surface area contributed by atoms with E-state index in [0.29, 0.717) is 11.5 Å². The Hall–Kier alpha value is -1.71. The van der Waals surface area contributed by atoms with Crippen molar-refractivity contribution in [2.45, 2.75) is 0 Å². The van der Waals surface area contributed by atoms with E-state index >= 15 is 0 Å². The fraction of sp³-hybridized carbons (Fsp3) is 0.0833. The number of hydrogen-bond acceptors (Lipinski definition) is 3. The minimum Gasteiger partial charge on any atom is -0.493 e. The molecule has 3 nitrogen and oxygen atoms in total. The summed E-state index contributed by atoms with van der Waals surface area (Å²) < 4.78 is 24.3. The van der Waals surface area contributed by atoms with Crippen molar-refractivity contribution >= 4 is 21.8 Å². The third-order valence-corrected chi connectivity index (χ3v) is 2.46. The average molecular weight is 297 g/mol. The minimum absolute atomic E-state index is 0.130. The molecule has 0 aromatic heterocycles. The van der Waals surface area contributed by atoms with E-state index in [1.165, 1.54) is 13.2 Å². The van der Waals surface area contributed by atoms with Gasteiger partial charge in [-0.3, -0.25) is 0 Å². The number of rotatable bonds is 2. The molecule has 1 aliphatic heterocycles. The van der Waals surface area contributed by atoms with E-state index in [-0.39, 0.29) is 5.90 Å². The summed E-state index contributed by atoms with van der Waals surface area (Å²) in [6.45, 7) is 0. The van der Waals surface area contributed by atoms with E-state index in [4.69, 9.17) is 9.47 Å². The van der Waals surface area contributed by atoms with E-state index in [2.05, 4.69) is 27.0 Å². The van der Waals surface area contributed by atoms with Gasteiger partial charge in [0.25, 0.3) is 0 Å². The molecule has 5 heteroatoms. The molecular formula is C12H8BrFNO2+. The zero-order chi connectivity index (χ0) is 12.3. The summed E-state index contributed by atoms with van der Waals surface area (Å²) in [6, 6.07) is 5.24. The SMILES string of the molecule is COc1cc(Br)ccc1OC1=NC(F)=C[C+]=C1. The molecule has 1 aliphatic rings. The Morgan fingerprint density at radius 2 is 2.18 bits per heavy atom. The van der Waals surface area contributed by atoms with Crippen LogP contribution in [0.4, 0.5) is 4.39 Å². The number of benzene rings is 1. The predicted octanol–water partition coefficient (Wildman–Crippen LogP) is 3.42. The molecule has 0 amide bonds. The maximum absolute atomic E-state index is 12.9. The van der Waals surface area contributed by atoms with Crippen LogP contribution in [0.2, 0.25) is 0 Å². The van der Waals surface area contributed by atoms with Gasteiger partial charge in [-0.2, -0.15) is 0 Å². The zero-order valence-corrected chi connectivity index (χ0v) is 10.5. The molecule has 1 heterocycles. The third-order valence-electron chi connectivity index (χ3n) is 1.97. The number of halogens is 2. The molecule has 0 spiro atoms. The second kappa shape index (κ2) is 5.08. The van der Waals surface area contributed by atoms with E-state index in [9.17, 15) is 4.39 Å². The molecule has 1 aromatic carbocycles. The standard InChI is InChI=1S/C12H8BrFNO2/c1-16-10-7-8(13)5-6-9(10)17-12-4-2-3-11(14)15-12/h3-7H,1H3/q+1. The molecule has 0 saturated carbocycles. The molecule has 0 saturated heterocycles. The lowest BCUT2D eigenvalue weighted by molar-refractivity contribution is 0.390. The van der Waals surface area contributed by atoms with Crippen LogP contribution in [0.5, 0.6) is 11.5 Å². The predicted molar refractivity (Wildman–Crippen MR) is 65.8 cm³/mol. The van der Waals surface area contributed by atoms with Gasteiger partial charge in [0.05, 0.1) is 13.2 Å². The summed E-state index contributed by atoms with van der Waals surface area (Å²) in [5, 5.41) is 0. The Morgan fingerprint density at radius 3 is 2.88 bits per heavy atom. The first-order valence-corrected chi connectivity index (χ1v) is 5.53. The Bertz CT molecular complexity index is 523.